The Morgan fingerprint density at radius 1 is 1.26 bits per heavy atom. The van der Waals surface area contributed by atoms with E-state index in [9.17, 15) is 9.59 Å². The molecule has 4 heteroatoms. The number of nitrogens with zero attached hydrogens (tertiary/aromatic N) is 1. The van der Waals surface area contributed by atoms with Crippen LogP contribution in [-0.2, 0) is 9.59 Å². The average molecular weight is 314 g/mol. The molecule has 1 aromatic rings. The Hall–Kier alpha value is -1.84. The molecule has 2 aliphatic rings. The van der Waals surface area contributed by atoms with Gasteiger partial charge in [-0.2, -0.15) is 0 Å². The van der Waals surface area contributed by atoms with Crippen molar-refractivity contribution in [2.24, 2.45) is 11.3 Å². The number of hydrogen-bond donors (Lipinski definition) is 1. The van der Waals surface area contributed by atoms with Gasteiger partial charge in [-0.25, -0.2) is 0 Å². The summed E-state index contributed by atoms with van der Waals surface area (Å²) >= 11 is 0. The molecule has 0 spiro atoms. The molecule has 1 atom stereocenters. The maximum atomic E-state index is 12.9. The maximum Gasteiger partial charge on any atom is 0.240 e. The standard InChI is InChI=1S/C19H26N2O2/c1-13-6-5-11-21(12-13)18(23)19(9-10-19)17(22)20-16-8-4-7-14(2)15(16)3/h4,7-8,13H,5-6,9-12H2,1-3H3,(H,20,22). The number of aryl methyl sites for hydroxylation is 1. The molecule has 124 valence electrons. The van der Waals surface area contributed by atoms with Gasteiger partial charge in [0.15, 0.2) is 0 Å². The van der Waals surface area contributed by atoms with Crippen LogP contribution in [0.4, 0.5) is 5.69 Å². The fraction of sp³-hybridized carbons (Fsp3) is 0.579. The minimum Gasteiger partial charge on any atom is -0.342 e. The van der Waals surface area contributed by atoms with E-state index in [0.29, 0.717) is 18.8 Å². The van der Waals surface area contributed by atoms with Gasteiger partial charge in [0.05, 0.1) is 0 Å². The fourth-order valence-electron chi connectivity index (χ4n) is 3.47. The quantitative estimate of drug-likeness (QED) is 0.870. The van der Waals surface area contributed by atoms with Crippen molar-refractivity contribution in [2.75, 3.05) is 18.4 Å². The number of anilines is 1. The van der Waals surface area contributed by atoms with Crippen LogP contribution in [0.25, 0.3) is 0 Å². The number of rotatable bonds is 3. The van der Waals surface area contributed by atoms with Gasteiger partial charge in [-0.05, 0) is 62.6 Å². The molecule has 1 aliphatic heterocycles. The van der Waals surface area contributed by atoms with E-state index in [2.05, 4.69) is 12.2 Å². The SMILES string of the molecule is Cc1cccc(NC(=O)C2(C(=O)N3CCCC(C)C3)CC2)c1C. The number of piperidine rings is 1. The van der Waals surface area contributed by atoms with E-state index in [1.54, 1.807) is 0 Å². The highest BCUT2D eigenvalue weighted by atomic mass is 16.2. The second-order valence-electron chi connectivity index (χ2n) is 7.28. The fourth-order valence-corrected chi connectivity index (χ4v) is 3.47. The van der Waals surface area contributed by atoms with Crippen LogP contribution in [0.3, 0.4) is 0 Å². The molecule has 23 heavy (non-hydrogen) atoms. The number of likely N-dealkylation sites (tertiary alicyclic amines) is 1. The number of carbonyl (C=O) groups is 2. The topological polar surface area (TPSA) is 49.4 Å². The third-order valence-electron chi connectivity index (χ3n) is 5.39. The van der Waals surface area contributed by atoms with E-state index in [1.807, 2.05) is 36.9 Å². The van der Waals surface area contributed by atoms with Crippen molar-refractivity contribution < 1.29 is 9.59 Å². The van der Waals surface area contributed by atoms with E-state index in [0.717, 1.165) is 36.3 Å². The van der Waals surface area contributed by atoms with Crippen LogP contribution in [0.15, 0.2) is 18.2 Å². The Labute approximate surface area is 138 Å². The van der Waals surface area contributed by atoms with Gasteiger partial charge in [0, 0.05) is 18.8 Å². The highest BCUT2D eigenvalue weighted by molar-refractivity contribution is 6.13. The summed E-state index contributed by atoms with van der Waals surface area (Å²) in [5, 5.41) is 3.00. The predicted octanol–water partition coefficient (Wildman–Crippen LogP) is 3.28. The lowest BCUT2D eigenvalue weighted by molar-refractivity contribution is -0.143. The lowest BCUT2D eigenvalue weighted by Gasteiger charge is -2.33. The maximum absolute atomic E-state index is 12.9. The number of nitrogens with one attached hydrogen (secondary N) is 1. The number of hydrogen-bond acceptors (Lipinski definition) is 2. The first kappa shape index (κ1) is 16.0. The first-order valence-electron chi connectivity index (χ1n) is 8.61. The summed E-state index contributed by atoms with van der Waals surface area (Å²) in [6.07, 6.45) is 3.56. The lowest BCUT2D eigenvalue weighted by Crippen LogP contribution is -2.46. The normalized spacial score (nSPS) is 22.6. The molecule has 1 aliphatic carbocycles. The Bertz CT molecular complexity index is 634. The summed E-state index contributed by atoms with van der Waals surface area (Å²) < 4.78 is 0. The van der Waals surface area contributed by atoms with Gasteiger partial charge in [-0.15, -0.1) is 0 Å². The molecule has 0 bridgehead atoms. The molecule has 1 heterocycles. The highest BCUT2D eigenvalue weighted by Gasteiger charge is 2.58. The molecule has 4 nitrogen and oxygen atoms in total. The zero-order valence-electron chi connectivity index (χ0n) is 14.3. The Morgan fingerprint density at radius 3 is 2.65 bits per heavy atom. The van der Waals surface area contributed by atoms with Crippen LogP contribution in [-0.4, -0.2) is 29.8 Å². The molecule has 1 N–H and O–H groups in total. The van der Waals surface area contributed by atoms with E-state index < -0.39 is 5.41 Å². The smallest absolute Gasteiger partial charge is 0.240 e. The zero-order chi connectivity index (χ0) is 16.6. The van der Waals surface area contributed by atoms with Crippen LogP contribution in [0, 0.1) is 25.2 Å². The summed E-state index contributed by atoms with van der Waals surface area (Å²) in [6, 6.07) is 5.87. The molecule has 0 radical (unpaired) electrons. The minimum atomic E-state index is -0.812. The molecule has 2 fully saturated rings. The minimum absolute atomic E-state index is 0.0341. The van der Waals surface area contributed by atoms with Gasteiger partial charge >= 0.3 is 0 Å². The number of carbonyl (C=O) groups excluding carboxylic acids is 2. The third-order valence-corrected chi connectivity index (χ3v) is 5.39. The lowest BCUT2D eigenvalue weighted by atomic mass is 9.96. The number of amides is 2. The van der Waals surface area contributed by atoms with Gasteiger partial charge in [-0.1, -0.05) is 19.1 Å². The van der Waals surface area contributed by atoms with E-state index in [4.69, 9.17) is 0 Å². The molecule has 1 aromatic carbocycles. The third kappa shape index (κ3) is 2.99. The van der Waals surface area contributed by atoms with E-state index >= 15 is 0 Å². The molecular weight excluding hydrogens is 288 g/mol. The van der Waals surface area contributed by atoms with Crippen LogP contribution < -0.4 is 5.32 Å². The summed E-state index contributed by atoms with van der Waals surface area (Å²) in [4.78, 5) is 27.6. The molecule has 1 saturated carbocycles. The van der Waals surface area contributed by atoms with Crippen LogP contribution in [0.1, 0.15) is 43.7 Å². The summed E-state index contributed by atoms with van der Waals surface area (Å²) in [6.45, 7) is 7.78. The largest absolute Gasteiger partial charge is 0.342 e. The van der Waals surface area contributed by atoms with Gasteiger partial charge in [0.25, 0.3) is 0 Å². The first-order chi connectivity index (χ1) is 10.9. The van der Waals surface area contributed by atoms with Gasteiger partial charge in [0.1, 0.15) is 5.41 Å². The summed E-state index contributed by atoms with van der Waals surface area (Å²) in [5.41, 5.74) is 2.22. The van der Waals surface area contributed by atoms with Crippen molar-refractivity contribution in [1.29, 1.82) is 0 Å². The van der Waals surface area contributed by atoms with Gasteiger partial charge in [0.2, 0.25) is 11.8 Å². The molecule has 2 amide bonds. The predicted molar refractivity (Wildman–Crippen MR) is 91.2 cm³/mol. The Kier molecular flexibility index (Phi) is 4.17. The first-order valence-corrected chi connectivity index (χ1v) is 8.61. The van der Waals surface area contributed by atoms with Crippen LogP contribution in [0.2, 0.25) is 0 Å². The molecule has 1 unspecified atom stereocenters. The van der Waals surface area contributed by atoms with Crippen molar-refractivity contribution in [3.63, 3.8) is 0 Å². The number of benzene rings is 1. The van der Waals surface area contributed by atoms with E-state index in [1.165, 1.54) is 6.42 Å². The van der Waals surface area contributed by atoms with E-state index in [-0.39, 0.29) is 11.8 Å². The second-order valence-corrected chi connectivity index (χ2v) is 7.28. The van der Waals surface area contributed by atoms with Gasteiger partial charge < -0.3 is 10.2 Å². The second kappa shape index (κ2) is 5.99. The molecule has 0 aromatic heterocycles. The average Bonchev–Trinajstić information content (AvgIpc) is 3.33. The van der Waals surface area contributed by atoms with Crippen LogP contribution >= 0.6 is 0 Å². The summed E-state index contributed by atoms with van der Waals surface area (Å²) in [5.74, 6) is 0.437. The zero-order valence-corrected chi connectivity index (χ0v) is 14.3. The molecule has 1 saturated heterocycles. The van der Waals surface area contributed by atoms with Crippen molar-refractivity contribution >= 4 is 17.5 Å². The Balaban J connectivity index is 1.73. The van der Waals surface area contributed by atoms with Crippen molar-refractivity contribution in [3.8, 4) is 0 Å². The molecule has 3 rings (SSSR count). The van der Waals surface area contributed by atoms with Crippen molar-refractivity contribution in [2.45, 2.75) is 46.5 Å². The monoisotopic (exact) mass is 314 g/mol. The van der Waals surface area contributed by atoms with Crippen molar-refractivity contribution in [1.82, 2.24) is 4.90 Å². The van der Waals surface area contributed by atoms with Gasteiger partial charge in [-0.3, -0.25) is 9.59 Å². The summed E-state index contributed by atoms with van der Waals surface area (Å²) in [7, 11) is 0. The van der Waals surface area contributed by atoms with Crippen molar-refractivity contribution in [3.05, 3.63) is 29.3 Å². The van der Waals surface area contributed by atoms with Crippen LogP contribution in [0.5, 0.6) is 0 Å². The molecular formula is C19H26N2O2. The highest BCUT2D eigenvalue weighted by Crippen LogP contribution is 2.48. The Morgan fingerprint density at radius 2 is 2.00 bits per heavy atom.